The van der Waals surface area contributed by atoms with Gasteiger partial charge in [0.25, 0.3) is 0 Å². The van der Waals surface area contributed by atoms with Crippen LogP contribution in [-0.4, -0.2) is 46.1 Å². The third-order valence-corrected chi connectivity index (χ3v) is 3.58. The first-order chi connectivity index (χ1) is 10.3. The first kappa shape index (κ1) is 13.8. The molecule has 21 heavy (non-hydrogen) atoms. The Morgan fingerprint density at radius 3 is 2.86 bits per heavy atom. The Hall–Kier alpha value is -2.21. The Kier molecular flexibility index (Phi) is 4.25. The predicted molar refractivity (Wildman–Crippen MR) is 80.1 cm³/mol. The van der Waals surface area contributed by atoms with E-state index in [1.54, 1.807) is 19.5 Å². The van der Waals surface area contributed by atoms with Crippen molar-refractivity contribution >= 4 is 5.95 Å². The van der Waals surface area contributed by atoms with Crippen molar-refractivity contribution in [3.8, 4) is 5.88 Å². The molecule has 0 radical (unpaired) electrons. The lowest BCUT2D eigenvalue weighted by atomic mass is 10.2. The van der Waals surface area contributed by atoms with E-state index in [1.807, 2.05) is 18.3 Å². The van der Waals surface area contributed by atoms with Gasteiger partial charge in [0, 0.05) is 50.3 Å². The van der Waals surface area contributed by atoms with Gasteiger partial charge in [-0.1, -0.05) is 6.07 Å². The number of aromatic nitrogens is 3. The van der Waals surface area contributed by atoms with Crippen molar-refractivity contribution in [2.24, 2.45) is 0 Å². The lowest BCUT2D eigenvalue weighted by Gasteiger charge is -2.16. The number of pyridine rings is 1. The molecule has 1 aliphatic heterocycles. The van der Waals surface area contributed by atoms with E-state index in [4.69, 9.17) is 4.74 Å². The maximum Gasteiger partial charge on any atom is 0.222 e. The summed E-state index contributed by atoms with van der Waals surface area (Å²) in [5.74, 6) is 1.36. The van der Waals surface area contributed by atoms with Crippen LogP contribution in [0.5, 0.6) is 5.88 Å². The summed E-state index contributed by atoms with van der Waals surface area (Å²) in [5, 5.41) is 3.38. The Morgan fingerprint density at radius 2 is 2.14 bits per heavy atom. The van der Waals surface area contributed by atoms with Gasteiger partial charge in [0.1, 0.15) is 0 Å². The van der Waals surface area contributed by atoms with Gasteiger partial charge in [-0.3, -0.25) is 4.90 Å². The Labute approximate surface area is 124 Å². The van der Waals surface area contributed by atoms with Crippen molar-refractivity contribution < 1.29 is 4.74 Å². The summed E-state index contributed by atoms with van der Waals surface area (Å²) < 4.78 is 5.07. The van der Waals surface area contributed by atoms with Gasteiger partial charge in [-0.25, -0.2) is 15.0 Å². The van der Waals surface area contributed by atoms with Gasteiger partial charge in [0.2, 0.25) is 11.8 Å². The van der Waals surface area contributed by atoms with Crippen LogP contribution in [0.25, 0.3) is 0 Å². The summed E-state index contributed by atoms with van der Waals surface area (Å²) in [5.41, 5.74) is 1.20. The van der Waals surface area contributed by atoms with E-state index >= 15 is 0 Å². The van der Waals surface area contributed by atoms with Crippen LogP contribution in [0.2, 0.25) is 0 Å². The molecule has 0 spiro atoms. The van der Waals surface area contributed by atoms with Gasteiger partial charge in [-0.05, 0) is 18.1 Å². The minimum absolute atomic E-state index is 0.401. The average molecular weight is 285 g/mol. The largest absolute Gasteiger partial charge is 0.481 e. The molecule has 6 heteroatoms. The van der Waals surface area contributed by atoms with E-state index in [-0.39, 0.29) is 0 Å². The number of nitrogens with one attached hydrogen (secondary N) is 1. The minimum atomic E-state index is 0.401. The number of methoxy groups -OCH3 is 1. The van der Waals surface area contributed by atoms with Crippen LogP contribution in [0.1, 0.15) is 12.0 Å². The van der Waals surface area contributed by atoms with Crippen molar-refractivity contribution in [2.45, 2.75) is 19.0 Å². The number of hydrogen-bond donors (Lipinski definition) is 1. The second-order valence-electron chi connectivity index (χ2n) is 5.15. The van der Waals surface area contributed by atoms with Crippen LogP contribution >= 0.6 is 0 Å². The summed E-state index contributed by atoms with van der Waals surface area (Å²) in [6.07, 6.45) is 6.48. The molecule has 1 fully saturated rings. The normalized spacial score (nSPS) is 18.6. The fourth-order valence-corrected chi connectivity index (χ4v) is 2.53. The Morgan fingerprint density at radius 1 is 1.29 bits per heavy atom. The van der Waals surface area contributed by atoms with Gasteiger partial charge in [-0.2, -0.15) is 0 Å². The van der Waals surface area contributed by atoms with Gasteiger partial charge >= 0.3 is 0 Å². The zero-order valence-corrected chi connectivity index (χ0v) is 12.1. The van der Waals surface area contributed by atoms with Crippen LogP contribution in [-0.2, 0) is 6.54 Å². The van der Waals surface area contributed by atoms with Gasteiger partial charge in [0.15, 0.2) is 0 Å². The average Bonchev–Trinajstić information content (AvgIpc) is 2.96. The van der Waals surface area contributed by atoms with Crippen LogP contribution in [0.15, 0.2) is 36.8 Å². The van der Waals surface area contributed by atoms with E-state index in [0.29, 0.717) is 17.9 Å². The second-order valence-corrected chi connectivity index (χ2v) is 5.15. The number of rotatable bonds is 5. The predicted octanol–water partition coefficient (Wildman–Crippen LogP) is 1.57. The summed E-state index contributed by atoms with van der Waals surface area (Å²) in [7, 11) is 1.63. The molecule has 1 atom stereocenters. The van der Waals surface area contributed by atoms with Crippen LogP contribution in [0.4, 0.5) is 5.95 Å². The summed E-state index contributed by atoms with van der Waals surface area (Å²) in [6, 6.07) is 6.19. The molecule has 0 aliphatic carbocycles. The van der Waals surface area contributed by atoms with Crippen molar-refractivity contribution in [3.05, 3.63) is 42.4 Å². The highest BCUT2D eigenvalue weighted by Crippen LogP contribution is 2.16. The topological polar surface area (TPSA) is 63.2 Å². The molecule has 0 bridgehead atoms. The third-order valence-electron chi connectivity index (χ3n) is 3.58. The molecule has 2 aromatic heterocycles. The van der Waals surface area contributed by atoms with Gasteiger partial charge in [0.05, 0.1) is 7.11 Å². The highest BCUT2D eigenvalue weighted by Gasteiger charge is 2.22. The van der Waals surface area contributed by atoms with Crippen molar-refractivity contribution in [1.29, 1.82) is 0 Å². The molecular formula is C15H19N5O. The Bertz CT molecular complexity index is 560. The number of ether oxygens (including phenoxy) is 1. The molecule has 3 heterocycles. The molecule has 3 rings (SSSR count). The third kappa shape index (κ3) is 3.66. The smallest absolute Gasteiger partial charge is 0.222 e. The fourth-order valence-electron chi connectivity index (χ4n) is 2.53. The van der Waals surface area contributed by atoms with Crippen molar-refractivity contribution in [2.75, 3.05) is 25.5 Å². The molecule has 0 amide bonds. The van der Waals surface area contributed by atoms with E-state index < -0.39 is 0 Å². The molecular weight excluding hydrogens is 266 g/mol. The number of likely N-dealkylation sites (tertiary alicyclic amines) is 1. The van der Waals surface area contributed by atoms with Gasteiger partial charge in [-0.15, -0.1) is 0 Å². The summed E-state index contributed by atoms with van der Waals surface area (Å²) in [4.78, 5) is 15.1. The molecule has 6 nitrogen and oxygen atoms in total. The number of anilines is 1. The lowest BCUT2D eigenvalue weighted by Crippen LogP contribution is -2.26. The highest BCUT2D eigenvalue weighted by atomic mass is 16.5. The van der Waals surface area contributed by atoms with Crippen LogP contribution in [0.3, 0.4) is 0 Å². The molecule has 1 aliphatic rings. The minimum Gasteiger partial charge on any atom is -0.481 e. The highest BCUT2D eigenvalue weighted by molar-refractivity contribution is 5.25. The summed E-state index contributed by atoms with van der Waals surface area (Å²) in [6.45, 7) is 2.96. The summed E-state index contributed by atoms with van der Waals surface area (Å²) >= 11 is 0. The van der Waals surface area contributed by atoms with Crippen molar-refractivity contribution in [1.82, 2.24) is 19.9 Å². The lowest BCUT2D eigenvalue weighted by molar-refractivity contribution is 0.327. The molecule has 2 aromatic rings. The van der Waals surface area contributed by atoms with Crippen LogP contribution < -0.4 is 10.1 Å². The molecule has 110 valence electrons. The van der Waals surface area contributed by atoms with E-state index in [2.05, 4.69) is 31.2 Å². The van der Waals surface area contributed by atoms with Crippen LogP contribution in [0, 0.1) is 0 Å². The first-order valence-electron chi connectivity index (χ1n) is 7.08. The molecule has 1 unspecified atom stereocenters. The number of hydrogen-bond acceptors (Lipinski definition) is 6. The van der Waals surface area contributed by atoms with E-state index in [0.717, 1.165) is 26.1 Å². The SMILES string of the molecule is COc1ccc(CN2CCC(Nc3ncccn3)C2)cn1. The molecule has 0 aromatic carbocycles. The monoisotopic (exact) mass is 285 g/mol. The van der Waals surface area contributed by atoms with Gasteiger partial charge < -0.3 is 10.1 Å². The first-order valence-corrected chi connectivity index (χ1v) is 7.08. The van der Waals surface area contributed by atoms with Crippen molar-refractivity contribution in [3.63, 3.8) is 0 Å². The molecule has 1 saturated heterocycles. The molecule has 0 saturated carbocycles. The number of nitrogens with zero attached hydrogens (tertiary/aromatic N) is 4. The quantitative estimate of drug-likeness (QED) is 0.899. The van der Waals surface area contributed by atoms with E-state index in [1.165, 1.54) is 5.56 Å². The zero-order valence-electron chi connectivity index (χ0n) is 12.1. The molecule has 1 N–H and O–H groups in total. The zero-order chi connectivity index (χ0) is 14.5. The Balaban J connectivity index is 1.52. The second kappa shape index (κ2) is 6.49. The maximum atomic E-state index is 5.07. The standard InChI is InChI=1S/C15H19N5O/c1-21-14-4-3-12(9-18-14)10-20-8-5-13(11-20)19-15-16-6-2-7-17-15/h2-4,6-7,9,13H,5,8,10-11H2,1H3,(H,16,17,19). The fraction of sp³-hybridized carbons (Fsp3) is 0.400. The van der Waals surface area contributed by atoms with E-state index in [9.17, 15) is 0 Å². The maximum absolute atomic E-state index is 5.07.